The summed E-state index contributed by atoms with van der Waals surface area (Å²) in [5.74, 6) is 1.70. The number of benzene rings is 2. The van der Waals surface area contributed by atoms with E-state index in [1.54, 1.807) is 6.20 Å². The predicted molar refractivity (Wildman–Crippen MR) is 116 cm³/mol. The Bertz CT molecular complexity index is 955. The number of carbonyl (C=O) groups is 1. The molecule has 0 bridgehead atoms. The Morgan fingerprint density at radius 2 is 1.97 bits per heavy atom. The van der Waals surface area contributed by atoms with Crippen molar-refractivity contribution in [3.8, 4) is 0 Å². The lowest BCUT2D eigenvalue weighted by Gasteiger charge is -2.13. The number of hydrogen-bond acceptors (Lipinski definition) is 3. The van der Waals surface area contributed by atoms with Crippen molar-refractivity contribution < 1.29 is 4.79 Å². The van der Waals surface area contributed by atoms with Crippen molar-refractivity contribution in [1.82, 2.24) is 14.9 Å². The van der Waals surface area contributed by atoms with Gasteiger partial charge in [-0.25, -0.2) is 4.98 Å². The van der Waals surface area contributed by atoms with Crippen LogP contribution in [0, 0.1) is 12.8 Å². The Morgan fingerprint density at radius 3 is 2.69 bits per heavy atom. The number of aromatic nitrogens is 2. The van der Waals surface area contributed by atoms with E-state index in [1.807, 2.05) is 37.4 Å². The van der Waals surface area contributed by atoms with Gasteiger partial charge in [0.05, 0.1) is 13.0 Å². The maximum Gasteiger partial charge on any atom is 0.228 e. The molecule has 1 aromatic heterocycles. The molecule has 150 valence electrons. The topological polar surface area (TPSA) is 59.0 Å². The van der Waals surface area contributed by atoms with Gasteiger partial charge in [-0.15, -0.1) is 0 Å². The minimum absolute atomic E-state index is 0.00699. The van der Waals surface area contributed by atoms with Gasteiger partial charge in [0.1, 0.15) is 5.82 Å². The van der Waals surface area contributed by atoms with Crippen molar-refractivity contribution in [3.63, 3.8) is 0 Å². The summed E-state index contributed by atoms with van der Waals surface area (Å²) < 4.78 is 2.07. The fraction of sp³-hybridized carbons (Fsp3) is 0.333. The zero-order valence-electron chi connectivity index (χ0n) is 16.9. The molecule has 3 aromatic rings. The number of rotatable bonds is 7. The lowest BCUT2D eigenvalue weighted by atomic mass is 9.97. The second kappa shape index (κ2) is 9.05. The van der Waals surface area contributed by atoms with Gasteiger partial charge in [-0.3, -0.25) is 4.79 Å². The molecule has 1 saturated heterocycles. The van der Waals surface area contributed by atoms with Crippen LogP contribution in [-0.4, -0.2) is 28.5 Å². The van der Waals surface area contributed by atoms with Crippen LogP contribution in [0.5, 0.6) is 0 Å². The number of para-hydroxylation sites is 1. The lowest BCUT2D eigenvalue weighted by molar-refractivity contribution is -0.115. The number of imidazole rings is 1. The average molecular weight is 389 g/mol. The minimum atomic E-state index is 0.00699. The summed E-state index contributed by atoms with van der Waals surface area (Å²) in [6.07, 6.45) is 6.49. The van der Waals surface area contributed by atoms with Crippen molar-refractivity contribution in [2.75, 3.05) is 18.4 Å². The van der Waals surface area contributed by atoms with E-state index >= 15 is 0 Å². The highest BCUT2D eigenvalue weighted by molar-refractivity contribution is 5.93. The van der Waals surface area contributed by atoms with Crippen LogP contribution in [0.1, 0.15) is 28.9 Å². The van der Waals surface area contributed by atoms with Gasteiger partial charge < -0.3 is 15.2 Å². The predicted octanol–water partition coefficient (Wildman–Crippen LogP) is 3.57. The Kier molecular flexibility index (Phi) is 6.06. The van der Waals surface area contributed by atoms with Crippen LogP contribution in [0.15, 0.2) is 60.9 Å². The maximum atomic E-state index is 12.6. The van der Waals surface area contributed by atoms with Crippen LogP contribution in [0.2, 0.25) is 0 Å². The number of carbonyl (C=O) groups excluding carboxylic acids is 1. The molecule has 1 amide bonds. The molecule has 1 aliphatic rings. The quantitative estimate of drug-likeness (QED) is 0.650. The summed E-state index contributed by atoms with van der Waals surface area (Å²) in [6.45, 7) is 4.91. The first-order valence-corrected chi connectivity index (χ1v) is 10.3. The lowest BCUT2D eigenvalue weighted by Crippen LogP contribution is -2.16. The monoisotopic (exact) mass is 388 g/mol. The van der Waals surface area contributed by atoms with E-state index in [0.717, 1.165) is 48.1 Å². The van der Waals surface area contributed by atoms with Crippen LogP contribution < -0.4 is 10.6 Å². The average Bonchev–Trinajstić information content (AvgIpc) is 3.37. The van der Waals surface area contributed by atoms with Gasteiger partial charge in [0.2, 0.25) is 5.91 Å². The molecule has 4 rings (SSSR count). The molecule has 2 N–H and O–H groups in total. The van der Waals surface area contributed by atoms with Gasteiger partial charge in [-0.2, -0.15) is 0 Å². The van der Waals surface area contributed by atoms with Crippen molar-refractivity contribution in [2.24, 2.45) is 5.92 Å². The smallest absolute Gasteiger partial charge is 0.228 e. The molecule has 5 nitrogen and oxygen atoms in total. The van der Waals surface area contributed by atoms with Crippen molar-refractivity contribution in [2.45, 2.75) is 32.7 Å². The largest absolute Gasteiger partial charge is 0.331 e. The Hall–Kier alpha value is -2.92. The maximum absolute atomic E-state index is 12.6. The molecule has 1 atom stereocenters. The van der Waals surface area contributed by atoms with Gasteiger partial charge in [0, 0.05) is 18.1 Å². The third kappa shape index (κ3) is 5.12. The summed E-state index contributed by atoms with van der Waals surface area (Å²) in [5.41, 5.74) is 4.32. The van der Waals surface area contributed by atoms with Gasteiger partial charge in [-0.1, -0.05) is 42.5 Å². The molecule has 0 saturated carbocycles. The highest BCUT2D eigenvalue weighted by Crippen LogP contribution is 2.19. The Morgan fingerprint density at radius 1 is 1.17 bits per heavy atom. The molecule has 0 spiro atoms. The first kappa shape index (κ1) is 19.4. The molecule has 2 aromatic carbocycles. The first-order valence-electron chi connectivity index (χ1n) is 10.3. The summed E-state index contributed by atoms with van der Waals surface area (Å²) in [4.78, 5) is 16.9. The first-order chi connectivity index (χ1) is 14.2. The zero-order valence-corrected chi connectivity index (χ0v) is 16.9. The summed E-state index contributed by atoms with van der Waals surface area (Å²) in [6, 6.07) is 16.4. The van der Waals surface area contributed by atoms with Crippen LogP contribution in [0.4, 0.5) is 5.69 Å². The third-order valence-corrected chi connectivity index (χ3v) is 5.63. The van der Waals surface area contributed by atoms with Crippen LogP contribution in [0.25, 0.3) is 0 Å². The van der Waals surface area contributed by atoms with Crippen molar-refractivity contribution in [1.29, 1.82) is 0 Å². The highest BCUT2D eigenvalue weighted by Gasteiger charge is 2.15. The fourth-order valence-corrected chi connectivity index (χ4v) is 3.93. The molecular formula is C24H28N4O. The van der Waals surface area contributed by atoms with Crippen molar-refractivity contribution in [3.05, 3.63) is 83.4 Å². The summed E-state index contributed by atoms with van der Waals surface area (Å²) in [7, 11) is 0. The van der Waals surface area contributed by atoms with E-state index in [2.05, 4.69) is 44.5 Å². The van der Waals surface area contributed by atoms with Gasteiger partial charge >= 0.3 is 0 Å². The molecule has 5 heteroatoms. The fourth-order valence-electron chi connectivity index (χ4n) is 3.93. The Labute approximate surface area is 172 Å². The number of aryl methyl sites for hydroxylation is 1. The third-order valence-electron chi connectivity index (χ3n) is 5.63. The molecule has 2 heterocycles. The number of anilines is 1. The van der Waals surface area contributed by atoms with Gasteiger partial charge in [0.25, 0.3) is 0 Å². The van der Waals surface area contributed by atoms with E-state index < -0.39 is 0 Å². The molecule has 0 radical (unpaired) electrons. The molecule has 29 heavy (non-hydrogen) atoms. The van der Waals surface area contributed by atoms with E-state index in [9.17, 15) is 4.79 Å². The highest BCUT2D eigenvalue weighted by atomic mass is 16.1. The normalized spacial score (nSPS) is 16.1. The molecular weight excluding hydrogens is 360 g/mol. The molecule has 1 aliphatic heterocycles. The van der Waals surface area contributed by atoms with Crippen LogP contribution >= 0.6 is 0 Å². The number of nitrogens with zero attached hydrogens (tertiary/aromatic N) is 2. The summed E-state index contributed by atoms with van der Waals surface area (Å²) >= 11 is 0. The standard InChI is InChI=1S/C24H28N4O/c1-18-26-12-13-28(18)17-22-4-2-3-5-23(22)27-24(29)15-20-8-6-19(7-9-20)14-21-10-11-25-16-21/h2-9,12-13,21,25H,10-11,14-17H2,1H3,(H,27,29). The van der Waals surface area contributed by atoms with E-state index in [0.29, 0.717) is 13.0 Å². The van der Waals surface area contributed by atoms with Crippen molar-refractivity contribution >= 4 is 11.6 Å². The van der Waals surface area contributed by atoms with E-state index in [4.69, 9.17) is 0 Å². The second-order valence-electron chi connectivity index (χ2n) is 7.86. The second-order valence-corrected chi connectivity index (χ2v) is 7.86. The molecule has 1 fully saturated rings. The minimum Gasteiger partial charge on any atom is -0.331 e. The molecule has 0 aliphatic carbocycles. The molecule has 1 unspecified atom stereocenters. The summed E-state index contributed by atoms with van der Waals surface area (Å²) in [5, 5.41) is 6.50. The number of nitrogens with one attached hydrogen (secondary N) is 2. The Balaban J connectivity index is 1.36. The van der Waals surface area contributed by atoms with E-state index in [-0.39, 0.29) is 5.91 Å². The number of amides is 1. The van der Waals surface area contributed by atoms with Gasteiger partial charge in [-0.05, 0) is 61.5 Å². The number of hydrogen-bond donors (Lipinski definition) is 2. The van der Waals surface area contributed by atoms with Crippen LogP contribution in [-0.2, 0) is 24.2 Å². The van der Waals surface area contributed by atoms with Crippen LogP contribution in [0.3, 0.4) is 0 Å². The SMILES string of the molecule is Cc1nccn1Cc1ccccc1NC(=O)Cc1ccc(CC2CCNC2)cc1. The van der Waals surface area contributed by atoms with Gasteiger partial charge in [0.15, 0.2) is 0 Å². The van der Waals surface area contributed by atoms with E-state index in [1.165, 1.54) is 12.0 Å². The zero-order chi connectivity index (χ0) is 20.1.